The van der Waals surface area contributed by atoms with Crippen molar-refractivity contribution in [1.29, 1.82) is 0 Å². The van der Waals surface area contributed by atoms with E-state index in [9.17, 15) is 0 Å². The summed E-state index contributed by atoms with van der Waals surface area (Å²) in [5.41, 5.74) is 2.28. The van der Waals surface area contributed by atoms with Gasteiger partial charge in [-0.25, -0.2) is 4.98 Å². The van der Waals surface area contributed by atoms with Crippen LogP contribution in [0.1, 0.15) is 35.2 Å². The minimum absolute atomic E-state index is 0.448. The molecule has 2 aromatic rings. The number of aromatic nitrogens is 1. The molecule has 0 bridgehead atoms. The molecule has 0 saturated carbocycles. The lowest BCUT2D eigenvalue weighted by molar-refractivity contribution is 0.865. The van der Waals surface area contributed by atoms with E-state index in [-0.39, 0.29) is 0 Å². The Hall–Kier alpha value is -1.06. The van der Waals surface area contributed by atoms with Crippen LogP contribution in [-0.4, -0.2) is 4.98 Å². The van der Waals surface area contributed by atoms with Crippen LogP contribution in [0.15, 0.2) is 24.4 Å². The number of para-hydroxylation sites is 1. The molecular weight excluding hydrogens is 264 g/mol. The van der Waals surface area contributed by atoms with E-state index in [1.165, 1.54) is 10.4 Å². The van der Waals surface area contributed by atoms with Crippen LogP contribution >= 0.6 is 22.9 Å². The summed E-state index contributed by atoms with van der Waals surface area (Å²) < 4.78 is 0. The minimum atomic E-state index is 0.448. The van der Waals surface area contributed by atoms with Gasteiger partial charge in [0.2, 0.25) is 0 Å². The van der Waals surface area contributed by atoms with Gasteiger partial charge in [0.25, 0.3) is 0 Å². The number of benzene rings is 1. The maximum atomic E-state index is 6.27. The van der Waals surface area contributed by atoms with E-state index in [0.29, 0.717) is 5.92 Å². The molecule has 0 aliphatic rings. The standard InChI is InChI=1S/C14H17ClN2S/c1-9(2)11-5-4-6-12(15)14(11)17-8-13-16-7-10(3)18-13/h4-7,9,17H,8H2,1-3H3. The molecule has 0 amide bonds. The summed E-state index contributed by atoms with van der Waals surface area (Å²) >= 11 is 7.98. The fourth-order valence-electron chi connectivity index (χ4n) is 1.86. The lowest BCUT2D eigenvalue weighted by atomic mass is 10.0. The minimum Gasteiger partial charge on any atom is -0.377 e. The van der Waals surface area contributed by atoms with Crippen molar-refractivity contribution in [2.75, 3.05) is 5.32 Å². The highest BCUT2D eigenvalue weighted by atomic mass is 35.5. The van der Waals surface area contributed by atoms with Crippen LogP contribution in [0.5, 0.6) is 0 Å². The Morgan fingerprint density at radius 2 is 2.17 bits per heavy atom. The zero-order valence-corrected chi connectivity index (χ0v) is 12.4. The maximum Gasteiger partial charge on any atom is 0.112 e. The second-order valence-corrected chi connectivity index (χ2v) is 6.30. The summed E-state index contributed by atoms with van der Waals surface area (Å²) in [7, 11) is 0. The van der Waals surface area contributed by atoms with E-state index >= 15 is 0 Å². The first-order valence-electron chi connectivity index (χ1n) is 6.01. The molecule has 1 heterocycles. The van der Waals surface area contributed by atoms with Crippen LogP contribution in [0.3, 0.4) is 0 Å². The van der Waals surface area contributed by atoms with Crippen LogP contribution in [0.4, 0.5) is 5.69 Å². The van der Waals surface area contributed by atoms with Crippen LogP contribution in [0.2, 0.25) is 5.02 Å². The first kappa shape index (κ1) is 13.4. The van der Waals surface area contributed by atoms with E-state index in [0.717, 1.165) is 22.3 Å². The van der Waals surface area contributed by atoms with Crippen LogP contribution in [0, 0.1) is 6.92 Å². The normalized spacial score (nSPS) is 10.9. The molecule has 2 nitrogen and oxygen atoms in total. The Morgan fingerprint density at radius 3 is 2.78 bits per heavy atom. The van der Waals surface area contributed by atoms with Gasteiger partial charge in [-0.1, -0.05) is 37.6 Å². The van der Waals surface area contributed by atoms with Gasteiger partial charge in [0.05, 0.1) is 17.3 Å². The summed E-state index contributed by atoms with van der Waals surface area (Å²) in [5, 5.41) is 5.27. The highest BCUT2D eigenvalue weighted by Gasteiger charge is 2.10. The number of aryl methyl sites for hydroxylation is 1. The van der Waals surface area contributed by atoms with Gasteiger partial charge >= 0.3 is 0 Å². The van der Waals surface area contributed by atoms with Crippen LogP contribution in [0.25, 0.3) is 0 Å². The number of anilines is 1. The summed E-state index contributed by atoms with van der Waals surface area (Å²) in [6.45, 7) is 7.13. The SMILES string of the molecule is Cc1cnc(CNc2c(Cl)cccc2C(C)C)s1. The zero-order chi connectivity index (χ0) is 13.1. The highest BCUT2D eigenvalue weighted by molar-refractivity contribution is 7.11. The lowest BCUT2D eigenvalue weighted by Crippen LogP contribution is -2.03. The topological polar surface area (TPSA) is 24.9 Å². The van der Waals surface area contributed by atoms with Crippen molar-refractivity contribution in [3.63, 3.8) is 0 Å². The second-order valence-electron chi connectivity index (χ2n) is 4.58. The average molecular weight is 281 g/mol. The van der Waals surface area contributed by atoms with E-state index in [4.69, 9.17) is 11.6 Å². The fraction of sp³-hybridized carbons (Fsp3) is 0.357. The number of hydrogen-bond donors (Lipinski definition) is 1. The molecule has 0 saturated heterocycles. The van der Waals surface area contributed by atoms with Crippen LogP contribution in [-0.2, 0) is 6.54 Å². The van der Waals surface area contributed by atoms with Crippen molar-refractivity contribution in [1.82, 2.24) is 4.98 Å². The largest absolute Gasteiger partial charge is 0.377 e. The molecule has 0 unspecified atom stereocenters. The molecule has 0 spiro atoms. The molecule has 0 aliphatic carbocycles. The summed E-state index contributed by atoms with van der Waals surface area (Å²) in [5.74, 6) is 0.448. The molecule has 18 heavy (non-hydrogen) atoms. The number of thiazole rings is 1. The molecule has 0 aliphatic heterocycles. The van der Waals surface area contributed by atoms with Gasteiger partial charge in [0, 0.05) is 11.1 Å². The molecule has 1 aromatic carbocycles. The third kappa shape index (κ3) is 3.03. The summed E-state index contributed by atoms with van der Waals surface area (Å²) in [6.07, 6.45) is 1.90. The van der Waals surface area contributed by atoms with Gasteiger partial charge in [0.15, 0.2) is 0 Å². The quantitative estimate of drug-likeness (QED) is 0.867. The molecular formula is C14H17ClN2S. The Labute approximate surface area is 117 Å². The van der Waals surface area contributed by atoms with Crippen molar-refractivity contribution >= 4 is 28.6 Å². The molecule has 0 fully saturated rings. The molecule has 1 N–H and O–H groups in total. The van der Waals surface area contributed by atoms with Crippen molar-refractivity contribution < 1.29 is 0 Å². The molecule has 0 radical (unpaired) electrons. The Kier molecular flexibility index (Phi) is 4.25. The molecule has 1 aromatic heterocycles. The van der Waals surface area contributed by atoms with Gasteiger partial charge in [-0.15, -0.1) is 11.3 Å². The molecule has 2 rings (SSSR count). The zero-order valence-electron chi connectivity index (χ0n) is 10.8. The van der Waals surface area contributed by atoms with E-state index in [1.807, 2.05) is 18.3 Å². The lowest BCUT2D eigenvalue weighted by Gasteiger charge is -2.15. The molecule has 4 heteroatoms. The third-order valence-electron chi connectivity index (χ3n) is 2.75. The van der Waals surface area contributed by atoms with Crippen molar-refractivity contribution in [3.8, 4) is 0 Å². The number of halogens is 1. The predicted molar refractivity (Wildman–Crippen MR) is 79.7 cm³/mol. The van der Waals surface area contributed by atoms with Gasteiger partial charge in [0.1, 0.15) is 5.01 Å². The smallest absolute Gasteiger partial charge is 0.112 e. The number of rotatable bonds is 4. The monoisotopic (exact) mass is 280 g/mol. The second kappa shape index (κ2) is 5.72. The predicted octanol–water partition coefficient (Wildman–Crippen LogP) is 4.84. The number of nitrogens with zero attached hydrogens (tertiary/aromatic N) is 1. The Morgan fingerprint density at radius 1 is 1.39 bits per heavy atom. The summed E-state index contributed by atoms with van der Waals surface area (Å²) in [6, 6.07) is 6.03. The molecule has 0 atom stereocenters. The first-order valence-corrected chi connectivity index (χ1v) is 7.21. The van der Waals surface area contributed by atoms with E-state index in [1.54, 1.807) is 11.3 Å². The van der Waals surface area contributed by atoms with Crippen LogP contribution < -0.4 is 5.32 Å². The highest BCUT2D eigenvalue weighted by Crippen LogP contribution is 2.31. The van der Waals surface area contributed by atoms with Crippen molar-refractivity contribution in [3.05, 3.63) is 44.9 Å². The number of hydrogen-bond acceptors (Lipinski definition) is 3. The van der Waals surface area contributed by atoms with E-state index in [2.05, 4.69) is 37.1 Å². The fourth-order valence-corrected chi connectivity index (χ4v) is 2.83. The first-order chi connectivity index (χ1) is 8.58. The third-order valence-corrected chi connectivity index (χ3v) is 3.98. The van der Waals surface area contributed by atoms with Crippen molar-refractivity contribution in [2.24, 2.45) is 0 Å². The van der Waals surface area contributed by atoms with Crippen molar-refractivity contribution in [2.45, 2.75) is 33.2 Å². The molecule has 96 valence electrons. The van der Waals surface area contributed by atoms with Gasteiger partial charge in [-0.3, -0.25) is 0 Å². The van der Waals surface area contributed by atoms with E-state index < -0.39 is 0 Å². The maximum absolute atomic E-state index is 6.27. The van der Waals surface area contributed by atoms with Gasteiger partial charge in [-0.2, -0.15) is 0 Å². The van der Waals surface area contributed by atoms with Gasteiger partial charge < -0.3 is 5.32 Å². The average Bonchev–Trinajstić information content (AvgIpc) is 2.73. The summed E-state index contributed by atoms with van der Waals surface area (Å²) in [4.78, 5) is 5.58. The van der Waals surface area contributed by atoms with Gasteiger partial charge in [-0.05, 0) is 24.5 Å². The Balaban J connectivity index is 2.18. The number of nitrogens with one attached hydrogen (secondary N) is 1. The Bertz CT molecular complexity index is 534.